The molecule has 0 fully saturated rings. The minimum absolute atomic E-state index is 0.129. The zero-order valence-corrected chi connectivity index (χ0v) is 10.7. The zero-order chi connectivity index (χ0) is 12.3. The highest BCUT2D eigenvalue weighted by molar-refractivity contribution is 5.50. The fourth-order valence-electron chi connectivity index (χ4n) is 1.35. The van der Waals surface area contributed by atoms with Crippen LogP contribution in [-0.2, 0) is 0 Å². The van der Waals surface area contributed by atoms with E-state index in [9.17, 15) is 0 Å². The maximum Gasteiger partial charge on any atom is 0.125 e. The summed E-state index contributed by atoms with van der Waals surface area (Å²) in [6, 6.07) is 5.47. The number of hydrogen-bond acceptors (Lipinski definition) is 3. The summed E-state index contributed by atoms with van der Waals surface area (Å²) in [4.78, 5) is 0. The molecule has 0 radical (unpaired) electrons. The maximum atomic E-state index is 5.79. The van der Waals surface area contributed by atoms with Crippen LogP contribution in [-0.4, -0.2) is 11.7 Å². The molecule has 0 aliphatic carbocycles. The quantitative estimate of drug-likeness (QED) is 0.800. The minimum Gasteiger partial charge on any atom is -0.491 e. The minimum atomic E-state index is -0.233. The third kappa shape index (κ3) is 4.43. The van der Waals surface area contributed by atoms with Crippen LogP contribution >= 0.6 is 0 Å². The first-order chi connectivity index (χ1) is 7.26. The van der Waals surface area contributed by atoms with Crippen LogP contribution in [0.3, 0.4) is 0 Å². The van der Waals surface area contributed by atoms with Gasteiger partial charge in [-0.05, 0) is 34.6 Å². The molecule has 1 aromatic rings. The molecule has 3 nitrogen and oxygen atoms in total. The summed E-state index contributed by atoms with van der Waals surface area (Å²) < 4.78 is 11.3. The van der Waals surface area contributed by atoms with Gasteiger partial charge in [-0.25, -0.2) is 0 Å². The van der Waals surface area contributed by atoms with Gasteiger partial charge in [0.1, 0.15) is 17.1 Å². The van der Waals surface area contributed by atoms with E-state index in [1.165, 1.54) is 0 Å². The topological polar surface area (TPSA) is 44.5 Å². The predicted molar refractivity (Wildman–Crippen MR) is 67.0 cm³/mol. The van der Waals surface area contributed by atoms with Crippen molar-refractivity contribution in [2.24, 2.45) is 0 Å². The SMILES string of the molecule is CC(C)Oc1cc(N)cc(OC(C)(C)C)c1. The Labute approximate surface area is 97.6 Å². The van der Waals surface area contributed by atoms with E-state index < -0.39 is 0 Å². The highest BCUT2D eigenvalue weighted by atomic mass is 16.5. The summed E-state index contributed by atoms with van der Waals surface area (Å²) in [5.41, 5.74) is 6.21. The molecule has 0 unspecified atom stereocenters. The number of benzene rings is 1. The van der Waals surface area contributed by atoms with Crippen LogP contribution in [0, 0.1) is 0 Å². The first kappa shape index (κ1) is 12.7. The Morgan fingerprint density at radius 1 is 1.06 bits per heavy atom. The molecule has 0 saturated heterocycles. The van der Waals surface area contributed by atoms with E-state index in [-0.39, 0.29) is 11.7 Å². The van der Waals surface area contributed by atoms with Gasteiger partial charge < -0.3 is 15.2 Å². The Balaban J connectivity index is 2.90. The highest BCUT2D eigenvalue weighted by Crippen LogP contribution is 2.27. The van der Waals surface area contributed by atoms with Gasteiger partial charge in [0.2, 0.25) is 0 Å². The van der Waals surface area contributed by atoms with Gasteiger partial charge in [0, 0.05) is 23.9 Å². The third-order valence-corrected chi connectivity index (χ3v) is 1.70. The second kappa shape index (κ2) is 4.64. The lowest BCUT2D eigenvalue weighted by atomic mass is 10.2. The van der Waals surface area contributed by atoms with Crippen molar-refractivity contribution in [2.75, 3.05) is 5.73 Å². The molecule has 90 valence electrons. The lowest BCUT2D eigenvalue weighted by Gasteiger charge is -2.22. The van der Waals surface area contributed by atoms with Crippen molar-refractivity contribution in [3.05, 3.63) is 18.2 Å². The fraction of sp³-hybridized carbons (Fsp3) is 0.538. The van der Waals surface area contributed by atoms with Crippen LogP contribution in [0.25, 0.3) is 0 Å². The van der Waals surface area contributed by atoms with Crippen molar-refractivity contribution in [3.8, 4) is 11.5 Å². The van der Waals surface area contributed by atoms with E-state index in [0.717, 1.165) is 11.5 Å². The molecule has 0 bridgehead atoms. The van der Waals surface area contributed by atoms with Crippen molar-refractivity contribution in [1.82, 2.24) is 0 Å². The van der Waals surface area contributed by atoms with Gasteiger partial charge in [0.25, 0.3) is 0 Å². The Morgan fingerprint density at radius 2 is 1.62 bits per heavy atom. The van der Waals surface area contributed by atoms with E-state index in [2.05, 4.69) is 0 Å². The fourth-order valence-corrected chi connectivity index (χ4v) is 1.35. The van der Waals surface area contributed by atoms with Crippen LogP contribution in [0.2, 0.25) is 0 Å². The Morgan fingerprint density at radius 3 is 2.12 bits per heavy atom. The van der Waals surface area contributed by atoms with Crippen molar-refractivity contribution in [2.45, 2.75) is 46.3 Å². The summed E-state index contributed by atoms with van der Waals surface area (Å²) in [6.07, 6.45) is 0.129. The molecule has 1 aromatic carbocycles. The number of nitrogen functional groups attached to an aromatic ring is 1. The summed E-state index contributed by atoms with van der Waals surface area (Å²) in [5.74, 6) is 1.48. The molecule has 0 atom stereocenters. The maximum absolute atomic E-state index is 5.79. The van der Waals surface area contributed by atoms with Gasteiger partial charge in [-0.3, -0.25) is 0 Å². The van der Waals surface area contributed by atoms with E-state index >= 15 is 0 Å². The molecule has 0 saturated carbocycles. The molecule has 0 heterocycles. The molecular weight excluding hydrogens is 202 g/mol. The Kier molecular flexibility index (Phi) is 3.68. The molecule has 1 rings (SSSR count). The van der Waals surface area contributed by atoms with Crippen molar-refractivity contribution in [1.29, 1.82) is 0 Å². The second-order valence-corrected chi connectivity index (χ2v) is 5.12. The van der Waals surface area contributed by atoms with Gasteiger partial charge >= 0.3 is 0 Å². The lowest BCUT2D eigenvalue weighted by molar-refractivity contribution is 0.130. The summed E-state index contributed by atoms with van der Waals surface area (Å²) in [6.45, 7) is 9.96. The third-order valence-electron chi connectivity index (χ3n) is 1.70. The molecule has 0 aromatic heterocycles. The Hall–Kier alpha value is -1.38. The first-order valence-electron chi connectivity index (χ1n) is 5.52. The molecule has 0 aliphatic heterocycles. The highest BCUT2D eigenvalue weighted by Gasteiger charge is 2.13. The summed E-state index contributed by atoms with van der Waals surface area (Å²) >= 11 is 0. The van der Waals surface area contributed by atoms with Gasteiger partial charge in [0.15, 0.2) is 0 Å². The molecule has 0 aliphatic rings. The van der Waals surface area contributed by atoms with Gasteiger partial charge in [-0.2, -0.15) is 0 Å². The smallest absolute Gasteiger partial charge is 0.125 e. The number of hydrogen-bond donors (Lipinski definition) is 1. The van der Waals surface area contributed by atoms with Gasteiger partial charge in [-0.1, -0.05) is 0 Å². The van der Waals surface area contributed by atoms with Gasteiger partial charge in [-0.15, -0.1) is 0 Å². The van der Waals surface area contributed by atoms with E-state index in [1.807, 2.05) is 40.7 Å². The molecular formula is C13H21NO2. The number of rotatable bonds is 3. The average Bonchev–Trinajstić information content (AvgIpc) is 1.96. The monoisotopic (exact) mass is 223 g/mol. The zero-order valence-electron chi connectivity index (χ0n) is 10.7. The summed E-state index contributed by atoms with van der Waals surface area (Å²) in [7, 11) is 0. The number of nitrogens with two attached hydrogens (primary N) is 1. The molecule has 0 amide bonds. The van der Waals surface area contributed by atoms with Crippen LogP contribution < -0.4 is 15.2 Å². The van der Waals surface area contributed by atoms with Crippen molar-refractivity contribution >= 4 is 5.69 Å². The lowest BCUT2D eigenvalue weighted by Crippen LogP contribution is -2.23. The van der Waals surface area contributed by atoms with Crippen LogP contribution in [0.1, 0.15) is 34.6 Å². The average molecular weight is 223 g/mol. The second-order valence-electron chi connectivity index (χ2n) is 5.12. The summed E-state index contributed by atoms with van der Waals surface area (Å²) in [5, 5.41) is 0. The number of anilines is 1. The molecule has 2 N–H and O–H groups in total. The molecule has 16 heavy (non-hydrogen) atoms. The van der Waals surface area contributed by atoms with Gasteiger partial charge in [0.05, 0.1) is 6.10 Å². The van der Waals surface area contributed by atoms with Crippen LogP contribution in [0.15, 0.2) is 18.2 Å². The van der Waals surface area contributed by atoms with E-state index in [4.69, 9.17) is 15.2 Å². The normalized spacial score (nSPS) is 11.6. The first-order valence-corrected chi connectivity index (χ1v) is 5.52. The standard InChI is InChI=1S/C13H21NO2/c1-9(2)15-11-6-10(14)7-12(8-11)16-13(3,4)5/h6-9H,14H2,1-5H3. The Bertz CT molecular complexity index is 353. The van der Waals surface area contributed by atoms with Crippen LogP contribution in [0.4, 0.5) is 5.69 Å². The van der Waals surface area contributed by atoms with Crippen molar-refractivity contribution in [3.63, 3.8) is 0 Å². The van der Waals surface area contributed by atoms with E-state index in [0.29, 0.717) is 5.69 Å². The largest absolute Gasteiger partial charge is 0.491 e. The number of ether oxygens (including phenoxy) is 2. The van der Waals surface area contributed by atoms with Crippen LogP contribution in [0.5, 0.6) is 11.5 Å². The molecule has 3 heteroatoms. The molecule has 0 spiro atoms. The van der Waals surface area contributed by atoms with Crippen molar-refractivity contribution < 1.29 is 9.47 Å². The van der Waals surface area contributed by atoms with E-state index in [1.54, 1.807) is 12.1 Å². The predicted octanol–water partition coefficient (Wildman–Crippen LogP) is 3.23.